The van der Waals surface area contributed by atoms with Crippen LogP contribution in [0.2, 0.25) is 5.02 Å². The first-order chi connectivity index (χ1) is 8.99. The summed E-state index contributed by atoms with van der Waals surface area (Å²) in [6.45, 7) is 1.83. The number of aryl methyl sites for hydroxylation is 1. The minimum atomic E-state index is -1.27. The van der Waals surface area contributed by atoms with Crippen LogP contribution in [-0.4, -0.2) is 15.3 Å². The van der Waals surface area contributed by atoms with Gasteiger partial charge in [0, 0.05) is 4.88 Å². The molecule has 0 aliphatic carbocycles. The van der Waals surface area contributed by atoms with Crippen LogP contribution in [0.1, 0.15) is 20.1 Å². The van der Waals surface area contributed by atoms with Gasteiger partial charge in [0.25, 0.3) is 0 Å². The Morgan fingerprint density at radius 2 is 2.11 bits per heavy atom. The molecule has 0 spiro atoms. The van der Waals surface area contributed by atoms with Gasteiger partial charge in [0.1, 0.15) is 4.88 Å². The summed E-state index contributed by atoms with van der Waals surface area (Å²) in [6, 6.07) is 8.55. The summed E-state index contributed by atoms with van der Waals surface area (Å²) in [6.07, 6.45) is 0. The van der Waals surface area contributed by atoms with Crippen molar-refractivity contribution in [2.75, 3.05) is 0 Å². The number of carboxylic acid groups (broad SMARTS) is 1. The molecule has 1 N–H and O–H groups in total. The number of aromatic carboxylic acids is 1. The number of carbonyl (C=O) groups is 1. The first-order valence-corrected chi connectivity index (χ1v) is 7.96. The maximum absolute atomic E-state index is 12.3. The van der Waals surface area contributed by atoms with Crippen LogP contribution in [0.5, 0.6) is 0 Å². The van der Waals surface area contributed by atoms with Crippen molar-refractivity contribution in [3.8, 4) is 0 Å². The van der Waals surface area contributed by atoms with Crippen molar-refractivity contribution in [1.29, 1.82) is 0 Å². The second kappa shape index (κ2) is 5.86. The van der Waals surface area contributed by atoms with Crippen molar-refractivity contribution in [3.05, 3.63) is 50.7 Å². The molecule has 1 unspecified atom stereocenters. The number of hydrogen-bond acceptors (Lipinski definition) is 3. The molecule has 0 bridgehead atoms. The van der Waals surface area contributed by atoms with E-state index in [0.717, 1.165) is 10.4 Å². The fourth-order valence-electron chi connectivity index (χ4n) is 1.62. The monoisotopic (exact) mass is 314 g/mol. The number of rotatable bonds is 4. The molecular weight excluding hydrogens is 304 g/mol. The minimum Gasteiger partial charge on any atom is -0.477 e. The van der Waals surface area contributed by atoms with Gasteiger partial charge in [0.05, 0.1) is 26.5 Å². The molecule has 0 fully saturated rings. The van der Waals surface area contributed by atoms with Crippen molar-refractivity contribution in [1.82, 2.24) is 0 Å². The van der Waals surface area contributed by atoms with Crippen molar-refractivity contribution in [2.45, 2.75) is 17.6 Å². The third-order valence-corrected chi connectivity index (χ3v) is 5.54. The summed E-state index contributed by atoms with van der Waals surface area (Å²) in [5.74, 6) is -0.679. The molecule has 6 heteroatoms. The molecule has 0 saturated carbocycles. The second-order valence-electron chi connectivity index (χ2n) is 3.92. The van der Waals surface area contributed by atoms with Crippen LogP contribution in [0, 0.1) is 6.92 Å². The highest BCUT2D eigenvalue weighted by atomic mass is 35.5. The Labute approximate surface area is 122 Å². The lowest BCUT2D eigenvalue weighted by Gasteiger charge is -2.03. The third kappa shape index (κ3) is 3.23. The first kappa shape index (κ1) is 14.2. The quantitative estimate of drug-likeness (QED) is 0.935. The molecule has 0 aliphatic rings. The largest absolute Gasteiger partial charge is 0.477 e. The second-order valence-corrected chi connectivity index (χ2v) is 7.00. The number of hydrogen-bond donors (Lipinski definition) is 1. The lowest BCUT2D eigenvalue weighted by atomic mass is 10.3. The average molecular weight is 315 g/mol. The predicted molar refractivity (Wildman–Crippen MR) is 77.6 cm³/mol. The molecule has 19 heavy (non-hydrogen) atoms. The Hall–Kier alpha value is -1.17. The van der Waals surface area contributed by atoms with Crippen molar-refractivity contribution >= 4 is 39.7 Å². The Morgan fingerprint density at radius 1 is 1.42 bits per heavy atom. The minimum absolute atomic E-state index is 0.267. The Morgan fingerprint density at radius 3 is 2.68 bits per heavy atom. The maximum Gasteiger partial charge on any atom is 0.345 e. The van der Waals surface area contributed by atoms with E-state index in [-0.39, 0.29) is 10.6 Å². The van der Waals surface area contributed by atoms with Gasteiger partial charge in [-0.15, -0.1) is 11.3 Å². The van der Waals surface area contributed by atoms with E-state index in [0.29, 0.717) is 9.92 Å². The molecule has 0 amide bonds. The van der Waals surface area contributed by atoms with Gasteiger partial charge in [-0.1, -0.05) is 23.7 Å². The van der Waals surface area contributed by atoms with E-state index in [2.05, 4.69) is 0 Å². The zero-order chi connectivity index (χ0) is 14.0. The van der Waals surface area contributed by atoms with Crippen LogP contribution in [0.3, 0.4) is 0 Å². The summed E-state index contributed by atoms with van der Waals surface area (Å²) >= 11 is 7.19. The molecule has 1 heterocycles. The molecule has 0 radical (unpaired) electrons. The van der Waals surface area contributed by atoms with E-state index >= 15 is 0 Å². The van der Waals surface area contributed by atoms with E-state index in [1.165, 1.54) is 11.3 Å². The summed E-state index contributed by atoms with van der Waals surface area (Å²) in [7, 11) is -1.27. The third-order valence-electron chi connectivity index (χ3n) is 2.60. The first-order valence-electron chi connectivity index (χ1n) is 5.44. The van der Waals surface area contributed by atoms with Gasteiger partial charge in [0.15, 0.2) is 0 Å². The van der Waals surface area contributed by atoms with E-state index in [1.807, 2.05) is 6.92 Å². The van der Waals surface area contributed by atoms with Crippen molar-refractivity contribution in [2.24, 2.45) is 0 Å². The maximum atomic E-state index is 12.3. The van der Waals surface area contributed by atoms with Gasteiger partial charge >= 0.3 is 5.97 Å². The van der Waals surface area contributed by atoms with Crippen LogP contribution in [0.15, 0.2) is 35.2 Å². The topological polar surface area (TPSA) is 54.4 Å². The molecule has 1 aromatic carbocycles. The number of benzene rings is 1. The van der Waals surface area contributed by atoms with E-state index in [4.69, 9.17) is 16.7 Å². The summed E-state index contributed by atoms with van der Waals surface area (Å²) in [5, 5.41) is 9.40. The fraction of sp³-hybridized carbons (Fsp3) is 0.154. The van der Waals surface area contributed by atoms with Crippen molar-refractivity contribution in [3.63, 3.8) is 0 Å². The number of carboxylic acids is 1. The molecule has 1 atom stereocenters. The van der Waals surface area contributed by atoms with Crippen LogP contribution in [0.25, 0.3) is 0 Å². The highest BCUT2D eigenvalue weighted by molar-refractivity contribution is 7.84. The molecule has 0 aliphatic heterocycles. The highest BCUT2D eigenvalue weighted by Gasteiger charge is 2.15. The van der Waals surface area contributed by atoms with Crippen LogP contribution in [-0.2, 0) is 16.6 Å². The lowest BCUT2D eigenvalue weighted by Crippen LogP contribution is -1.97. The van der Waals surface area contributed by atoms with Crippen LogP contribution >= 0.6 is 22.9 Å². The Bertz CT molecular complexity index is 649. The Kier molecular flexibility index (Phi) is 4.39. The van der Waals surface area contributed by atoms with Gasteiger partial charge in [-0.3, -0.25) is 4.21 Å². The number of thiophene rings is 1. The zero-order valence-electron chi connectivity index (χ0n) is 10.1. The standard InChI is InChI=1S/C13H11ClO3S2/c1-8-9(6-11(18-8)13(15)16)7-19(17)12-5-3-2-4-10(12)14/h2-6H,7H2,1H3,(H,15,16). The molecule has 0 saturated heterocycles. The van der Waals surface area contributed by atoms with Crippen molar-refractivity contribution < 1.29 is 14.1 Å². The zero-order valence-corrected chi connectivity index (χ0v) is 12.4. The molecule has 2 rings (SSSR count). The van der Waals surface area contributed by atoms with E-state index < -0.39 is 16.8 Å². The molecule has 100 valence electrons. The van der Waals surface area contributed by atoms with E-state index in [9.17, 15) is 9.00 Å². The number of halogens is 1. The SMILES string of the molecule is Cc1sc(C(=O)O)cc1CS(=O)c1ccccc1Cl. The summed E-state index contributed by atoms with van der Waals surface area (Å²) < 4.78 is 12.3. The Balaban J connectivity index is 2.24. The fourth-order valence-corrected chi connectivity index (χ4v) is 4.24. The van der Waals surface area contributed by atoms with Gasteiger partial charge in [-0.2, -0.15) is 0 Å². The summed E-state index contributed by atoms with van der Waals surface area (Å²) in [5.41, 5.74) is 0.792. The summed E-state index contributed by atoms with van der Waals surface area (Å²) in [4.78, 5) is 12.6. The normalized spacial score (nSPS) is 12.3. The average Bonchev–Trinajstić information content (AvgIpc) is 2.71. The van der Waals surface area contributed by atoms with Gasteiger partial charge < -0.3 is 5.11 Å². The predicted octanol–water partition coefficient (Wildman–Crippen LogP) is 3.72. The molecule has 1 aromatic heterocycles. The van der Waals surface area contributed by atoms with Gasteiger partial charge in [-0.05, 0) is 30.7 Å². The molecule has 2 aromatic rings. The lowest BCUT2D eigenvalue weighted by molar-refractivity contribution is 0.0702. The molecular formula is C13H11ClO3S2. The van der Waals surface area contributed by atoms with E-state index in [1.54, 1.807) is 30.3 Å². The van der Waals surface area contributed by atoms with Gasteiger partial charge in [0.2, 0.25) is 0 Å². The highest BCUT2D eigenvalue weighted by Crippen LogP contribution is 2.26. The van der Waals surface area contributed by atoms with Crippen LogP contribution in [0.4, 0.5) is 0 Å². The van der Waals surface area contributed by atoms with Gasteiger partial charge in [-0.25, -0.2) is 4.79 Å². The molecule has 3 nitrogen and oxygen atoms in total. The van der Waals surface area contributed by atoms with Crippen LogP contribution < -0.4 is 0 Å². The smallest absolute Gasteiger partial charge is 0.345 e.